The van der Waals surface area contributed by atoms with E-state index in [0.29, 0.717) is 31.1 Å². The molecule has 2 heterocycles. The minimum Gasteiger partial charge on any atom is -0.497 e. The molecule has 8 nitrogen and oxygen atoms in total. The van der Waals surface area contributed by atoms with Crippen LogP contribution in [0.5, 0.6) is 5.75 Å². The average Bonchev–Trinajstić information content (AvgIpc) is 3.25. The van der Waals surface area contributed by atoms with Gasteiger partial charge in [0, 0.05) is 31.2 Å². The maximum absolute atomic E-state index is 13.9. The first-order valence-corrected chi connectivity index (χ1v) is 13.9. The third-order valence-electron chi connectivity index (χ3n) is 6.44. The summed E-state index contributed by atoms with van der Waals surface area (Å²) in [5.74, 6) is 0.589. The third-order valence-corrected chi connectivity index (χ3v) is 7.69. The Balaban J connectivity index is 1.89. The molecule has 2 aromatic carbocycles. The fraction of sp³-hybridized carbons (Fsp3) is 0.414. The van der Waals surface area contributed by atoms with Gasteiger partial charge >= 0.3 is 0 Å². The van der Waals surface area contributed by atoms with E-state index >= 15 is 0 Å². The van der Waals surface area contributed by atoms with Gasteiger partial charge in [-0.1, -0.05) is 32.9 Å². The van der Waals surface area contributed by atoms with Crippen LogP contribution in [0.3, 0.4) is 0 Å². The summed E-state index contributed by atoms with van der Waals surface area (Å²) in [5, 5.41) is 7.65. The number of nitrogens with zero attached hydrogens (tertiary/aromatic N) is 3. The van der Waals surface area contributed by atoms with Crippen molar-refractivity contribution in [2.45, 2.75) is 37.9 Å². The van der Waals surface area contributed by atoms with Crippen LogP contribution >= 0.6 is 11.8 Å². The number of aromatic nitrogens is 2. The van der Waals surface area contributed by atoms with E-state index in [1.807, 2.05) is 24.3 Å². The minimum atomic E-state index is -0.387. The molecule has 2 amide bonds. The molecular formula is C29H35FN4O4S. The number of anilines is 1. The maximum Gasteiger partial charge on any atom is 0.240 e. The average molecular weight is 555 g/mol. The van der Waals surface area contributed by atoms with Crippen molar-refractivity contribution in [1.82, 2.24) is 15.1 Å². The largest absolute Gasteiger partial charge is 0.497 e. The molecule has 1 aromatic heterocycles. The molecule has 0 bridgehead atoms. The molecule has 0 fully saturated rings. The predicted molar refractivity (Wildman–Crippen MR) is 151 cm³/mol. The Hall–Kier alpha value is -3.37. The highest BCUT2D eigenvalue weighted by Gasteiger charge is 2.39. The molecule has 1 aliphatic heterocycles. The molecule has 1 N–H and O–H groups in total. The zero-order chi connectivity index (χ0) is 28.2. The van der Waals surface area contributed by atoms with Crippen LogP contribution in [0.25, 0.3) is 5.69 Å². The first kappa shape index (κ1) is 28.6. The molecule has 39 heavy (non-hydrogen) atoms. The third kappa shape index (κ3) is 6.45. The number of methoxy groups -OCH3 is 2. The molecule has 1 atom stereocenters. The summed E-state index contributed by atoms with van der Waals surface area (Å²) in [6.07, 6.45) is 0.669. The molecule has 1 unspecified atom stereocenters. The number of hydrogen-bond donors (Lipinski definition) is 1. The van der Waals surface area contributed by atoms with Gasteiger partial charge in [-0.15, -0.1) is 11.8 Å². The van der Waals surface area contributed by atoms with Crippen LogP contribution in [0.2, 0.25) is 0 Å². The van der Waals surface area contributed by atoms with Crippen molar-refractivity contribution < 1.29 is 23.5 Å². The highest BCUT2D eigenvalue weighted by Crippen LogP contribution is 2.48. The van der Waals surface area contributed by atoms with Crippen molar-refractivity contribution in [2.75, 3.05) is 44.6 Å². The first-order valence-electron chi connectivity index (χ1n) is 12.8. The summed E-state index contributed by atoms with van der Waals surface area (Å²) in [6.45, 7) is 7.03. The van der Waals surface area contributed by atoms with E-state index in [2.05, 4.69) is 26.1 Å². The molecule has 0 saturated heterocycles. The lowest BCUT2D eigenvalue weighted by atomic mass is 9.87. The van der Waals surface area contributed by atoms with Gasteiger partial charge in [-0.3, -0.25) is 14.5 Å². The number of thioether (sulfide) groups is 1. The van der Waals surface area contributed by atoms with E-state index in [1.54, 1.807) is 31.0 Å². The van der Waals surface area contributed by atoms with Crippen molar-refractivity contribution in [3.05, 3.63) is 71.2 Å². The summed E-state index contributed by atoms with van der Waals surface area (Å²) < 4.78 is 26.0. The lowest BCUT2D eigenvalue weighted by Gasteiger charge is -2.24. The van der Waals surface area contributed by atoms with E-state index in [4.69, 9.17) is 14.6 Å². The Morgan fingerprint density at radius 1 is 1.13 bits per heavy atom. The Morgan fingerprint density at radius 2 is 1.82 bits per heavy atom. The van der Waals surface area contributed by atoms with E-state index in [9.17, 15) is 14.0 Å². The molecule has 10 heteroatoms. The number of nitrogens with one attached hydrogen (secondary N) is 1. The van der Waals surface area contributed by atoms with E-state index in [1.165, 1.54) is 28.8 Å². The second-order valence-electron chi connectivity index (χ2n) is 10.4. The number of halogens is 1. The Bertz CT molecular complexity index is 1300. The van der Waals surface area contributed by atoms with Gasteiger partial charge in [-0.05, 0) is 48.4 Å². The van der Waals surface area contributed by atoms with Crippen LogP contribution in [0.15, 0.2) is 48.5 Å². The second kappa shape index (κ2) is 12.2. The number of carbonyl (C=O) groups is 2. The van der Waals surface area contributed by atoms with Crippen molar-refractivity contribution in [3.8, 4) is 11.4 Å². The lowest BCUT2D eigenvalue weighted by Crippen LogP contribution is -2.42. The standard InChI is InChI=1S/C29H35FN4O4S/c1-29(2,3)27-25-26(19-7-9-20(30)10-8-19)39-18-24(36)33(17-23(35)31-15-6-16-37-4)28(25)34(32-27)21-11-13-22(38-5)14-12-21/h7-14,26H,6,15-18H2,1-5H3,(H,31,35). The van der Waals surface area contributed by atoms with Crippen molar-refractivity contribution in [1.29, 1.82) is 0 Å². The maximum atomic E-state index is 13.9. The van der Waals surface area contributed by atoms with Gasteiger partial charge in [0.2, 0.25) is 11.8 Å². The second-order valence-corrected chi connectivity index (χ2v) is 11.5. The van der Waals surface area contributed by atoms with Crippen LogP contribution in [0.4, 0.5) is 10.2 Å². The summed E-state index contributed by atoms with van der Waals surface area (Å²) >= 11 is 1.46. The van der Waals surface area contributed by atoms with Crippen molar-refractivity contribution in [2.24, 2.45) is 0 Å². The summed E-state index contributed by atoms with van der Waals surface area (Å²) in [6, 6.07) is 13.8. The summed E-state index contributed by atoms with van der Waals surface area (Å²) in [7, 11) is 3.21. The first-order chi connectivity index (χ1) is 18.6. The fourth-order valence-electron chi connectivity index (χ4n) is 4.52. The van der Waals surface area contributed by atoms with Crippen LogP contribution < -0.4 is 15.0 Å². The predicted octanol–water partition coefficient (Wildman–Crippen LogP) is 4.64. The Kier molecular flexibility index (Phi) is 8.97. The normalized spacial score (nSPS) is 15.6. The summed E-state index contributed by atoms with van der Waals surface area (Å²) in [4.78, 5) is 28.2. The highest BCUT2D eigenvalue weighted by atomic mass is 32.2. The van der Waals surface area contributed by atoms with Gasteiger partial charge in [0.05, 0.1) is 29.5 Å². The van der Waals surface area contributed by atoms with Crippen LogP contribution in [0, 0.1) is 5.82 Å². The minimum absolute atomic E-state index is 0.152. The molecule has 0 spiro atoms. The Labute approximate surface area is 232 Å². The lowest BCUT2D eigenvalue weighted by molar-refractivity contribution is -0.122. The zero-order valence-corrected chi connectivity index (χ0v) is 23.8. The number of carbonyl (C=O) groups excluding carboxylic acids is 2. The van der Waals surface area contributed by atoms with Gasteiger partial charge in [-0.2, -0.15) is 5.10 Å². The molecule has 1 aliphatic rings. The van der Waals surface area contributed by atoms with Gasteiger partial charge in [-0.25, -0.2) is 9.07 Å². The molecule has 0 radical (unpaired) electrons. The van der Waals surface area contributed by atoms with E-state index in [0.717, 1.165) is 22.5 Å². The molecule has 4 rings (SSSR count). The molecule has 208 valence electrons. The van der Waals surface area contributed by atoms with Crippen LogP contribution in [-0.4, -0.2) is 61.3 Å². The molecular weight excluding hydrogens is 519 g/mol. The number of rotatable bonds is 9. The van der Waals surface area contributed by atoms with Gasteiger partial charge in [0.1, 0.15) is 23.9 Å². The topological polar surface area (TPSA) is 85.7 Å². The van der Waals surface area contributed by atoms with Gasteiger partial charge in [0.25, 0.3) is 0 Å². The van der Waals surface area contributed by atoms with Crippen LogP contribution in [-0.2, 0) is 19.7 Å². The van der Waals surface area contributed by atoms with Crippen molar-refractivity contribution >= 4 is 29.4 Å². The van der Waals surface area contributed by atoms with Gasteiger partial charge < -0.3 is 14.8 Å². The number of benzene rings is 2. The quantitative estimate of drug-likeness (QED) is 0.388. The smallest absolute Gasteiger partial charge is 0.240 e. The summed E-state index contributed by atoms with van der Waals surface area (Å²) in [5.41, 5.74) is 2.84. The van der Waals surface area contributed by atoms with E-state index in [-0.39, 0.29) is 40.6 Å². The number of hydrogen-bond acceptors (Lipinski definition) is 6. The highest BCUT2D eigenvalue weighted by molar-refractivity contribution is 8.00. The molecule has 0 saturated carbocycles. The van der Waals surface area contributed by atoms with Crippen LogP contribution in [0.1, 0.15) is 49.3 Å². The Morgan fingerprint density at radius 3 is 2.44 bits per heavy atom. The SMILES string of the molecule is COCCCNC(=O)CN1C(=O)CSC(c2ccc(F)cc2)c2c(C(C)(C)C)nn(-c3ccc(OC)cc3)c21. The fourth-order valence-corrected chi connectivity index (χ4v) is 5.72. The van der Waals surface area contributed by atoms with Crippen molar-refractivity contribution in [3.63, 3.8) is 0 Å². The molecule has 3 aromatic rings. The molecule has 0 aliphatic carbocycles. The number of amides is 2. The zero-order valence-electron chi connectivity index (χ0n) is 23.0. The monoisotopic (exact) mass is 554 g/mol. The van der Waals surface area contributed by atoms with Gasteiger partial charge in [0.15, 0.2) is 0 Å². The van der Waals surface area contributed by atoms with E-state index < -0.39 is 0 Å². The number of fused-ring (bicyclic) bond motifs is 1. The number of ether oxygens (including phenoxy) is 2.